The topological polar surface area (TPSA) is 63.2 Å². The highest BCUT2D eigenvalue weighted by Gasteiger charge is 2.15. The summed E-state index contributed by atoms with van der Waals surface area (Å²) in [5, 5.41) is 3.04. The van der Waals surface area contributed by atoms with Gasteiger partial charge in [0.15, 0.2) is 9.84 Å². The monoisotopic (exact) mass is 359 g/mol. The molecule has 0 radical (unpaired) electrons. The highest BCUT2D eigenvalue weighted by atomic mass is 32.2. The molecule has 0 aliphatic carbocycles. The zero-order valence-corrected chi connectivity index (χ0v) is 16.0. The van der Waals surface area contributed by atoms with Crippen molar-refractivity contribution in [2.75, 3.05) is 6.26 Å². The van der Waals surface area contributed by atoms with E-state index in [0.29, 0.717) is 6.42 Å². The van der Waals surface area contributed by atoms with Gasteiger partial charge in [-0.15, -0.1) is 0 Å². The second-order valence-corrected chi connectivity index (χ2v) is 8.49. The smallest absolute Gasteiger partial charge is 0.224 e. The fourth-order valence-corrected chi connectivity index (χ4v) is 3.46. The number of hydrogen-bond donors (Lipinski definition) is 1. The molecule has 25 heavy (non-hydrogen) atoms. The van der Waals surface area contributed by atoms with Gasteiger partial charge < -0.3 is 5.32 Å². The van der Waals surface area contributed by atoms with Crippen LogP contribution in [0.2, 0.25) is 0 Å². The van der Waals surface area contributed by atoms with E-state index in [9.17, 15) is 13.2 Å². The van der Waals surface area contributed by atoms with E-state index in [2.05, 4.69) is 11.4 Å². The average Bonchev–Trinajstić information content (AvgIpc) is 2.54. The fourth-order valence-electron chi connectivity index (χ4n) is 2.83. The largest absolute Gasteiger partial charge is 0.349 e. The van der Waals surface area contributed by atoms with Gasteiger partial charge in [0.25, 0.3) is 0 Å². The van der Waals surface area contributed by atoms with Crippen molar-refractivity contribution in [3.8, 4) is 0 Å². The Kier molecular flexibility index (Phi) is 6.01. The Morgan fingerprint density at radius 1 is 1.08 bits per heavy atom. The Hall–Kier alpha value is -2.14. The molecule has 0 heterocycles. The van der Waals surface area contributed by atoms with E-state index in [1.54, 1.807) is 24.3 Å². The molecule has 0 saturated carbocycles. The summed E-state index contributed by atoms with van der Waals surface area (Å²) in [6.07, 6.45) is 2.26. The molecular weight excluding hydrogens is 334 g/mol. The van der Waals surface area contributed by atoms with Gasteiger partial charge in [-0.1, -0.05) is 42.8 Å². The summed E-state index contributed by atoms with van der Waals surface area (Å²) >= 11 is 0. The maximum Gasteiger partial charge on any atom is 0.224 e. The molecule has 1 amide bonds. The van der Waals surface area contributed by atoms with Gasteiger partial charge in [-0.05, 0) is 49.1 Å². The summed E-state index contributed by atoms with van der Waals surface area (Å²) in [4.78, 5) is 12.7. The van der Waals surface area contributed by atoms with E-state index in [0.717, 1.165) is 23.1 Å². The molecule has 0 fully saturated rings. The molecule has 1 atom stereocenters. The third kappa shape index (κ3) is 5.16. The first-order valence-electron chi connectivity index (χ1n) is 8.36. The second kappa shape index (κ2) is 7.83. The van der Waals surface area contributed by atoms with Gasteiger partial charge in [-0.2, -0.15) is 0 Å². The summed E-state index contributed by atoms with van der Waals surface area (Å²) in [6, 6.07) is 12.6. The Bertz CT molecular complexity index is 855. The quantitative estimate of drug-likeness (QED) is 0.858. The normalized spacial score (nSPS) is 12.6. The van der Waals surface area contributed by atoms with Gasteiger partial charge in [-0.25, -0.2) is 8.42 Å². The van der Waals surface area contributed by atoms with Crippen molar-refractivity contribution in [2.45, 2.75) is 44.6 Å². The van der Waals surface area contributed by atoms with Crippen molar-refractivity contribution in [2.24, 2.45) is 0 Å². The van der Waals surface area contributed by atoms with Crippen LogP contribution in [0.5, 0.6) is 0 Å². The van der Waals surface area contributed by atoms with Gasteiger partial charge >= 0.3 is 0 Å². The van der Waals surface area contributed by atoms with Crippen LogP contribution in [0.4, 0.5) is 0 Å². The second-order valence-electron chi connectivity index (χ2n) is 6.48. The van der Waals surface area contributed by atoms with E-state index in [1.165, 1.54) is 11.8 Å². The van der Waals surface area contributed by atoms with Crippen LogP contribution in [0.15, 0.2) is 47.4 Å². The van der Waals surface area contributed by atoms with E-state index < -0.39 is 9.84 Å². The van der Waals surface area contributed by atoms with E-state index in [-0.39, 0.29) is 16.8 Å². The Labute approximate surface area is 150 Å². The van der Waals surface area contributed by atoms with Gasteiger partial charge in [0, 0.05) is 6.26 Å². The molecule has 0 unspecified atom stereocenters. The molecule has 5 heteroatoms. The van der Waals surface area contributed by atoms with Gasteiger partial charge in [0.05, 0.1) is 17.4 Å². The summed E-state index contributed by atoms with van der Waals surface area (Å²) in [7, 11) is -3.21. The Balaban J connectivity index is 2.09. The average molecular weight is 359 g/mol. The zero-order valence-electron chi connectivity index (χ0n) is 15.2. The molecule has 0 aliphatic heterocycles. The highest BCUT2D eigenvalue weighted by molar-refractivity contribution is 7.90. The number of carbonyl (C=O) groups is 1. The number of hydrogen-bond acceptors (Lipinski definition) is 3. The number of nitrogens with one attached hydrogen (secondary N) is 1. The standard InChI is InChI=1S/C20H25NO3S/c1-5-19(16-8-10-18(11-9-16)25(4,23)24)21-20(22)13-17-7-6-14(2)12-15(17)3/h6-12,19H,5,13H2,1-4H3,(H,21,22)/t19-/m1/s1. The molecule has 0 saturated heterocycles. The number of sulfone groups is 1. The first-order valence-corrected chi connectivity index (χ1v) is 10.3. The van der Waals surface area contributed by atoms with Crippen LogP contribution < -0.4 is 5.32 Å². The molecule has 2 aromatic rings. The van der Waals surface area contributed by atoms with Crippen LogP contribution in [-0.4, -0.2) is 20.6 Å². The molecular formula is C20H25NO3S. The van der Waals surface area contributed by atoms with Crippen molar-refractivity contribution in [1.82, 2.24) is 5.32 Å². The predicted molar refractivity (Wildman–Crippen MR) is 100 cm³/mol. The van der Waals surface area contributed by atoms with Crippen LogP contribution >= 0.6 is 0 Å². The van der Waals surface area contributed by atoms with E-state index >= 15 is 0 Å². The molecule has 1 N–H and O–H groups in total. The van der Waals surface area contributed by atoms with Crippen LogP contribution in [0, 0.1) is 13.8 Å². The Morgan fingerprint density at radius 2 is 1.72 bits per heavy atom. The molecule has 134 valence electrons. The Morgan fingerprint density at radius 3 is 2.24 bits per heavy atom. The number of amides is 1. The molecule has 0 aliphatic rings. The molecule has 4 nitrogen and oxygen atoms in total. The molecule has 0 aromatic heterocycles. The molecule has 2 aromatic carbocycles. The van der Waals surface area contributed by atoms with Crippen molar-refractivity contribution < 1.29 is 13.2 Å². The van der Waals surface area contributed by atoms with Gasteiger partial charge in [0.2, 0.25) is 5.91 Å². The first kappa shape index (κ1) is 19.2. The minimum Gasteiger partial charge on any atom is -0.349 e. The van der Waals surface area contributed by atoms with E-state index in [4.69, 9.17) is 0 Å². The minimum absolute atomic E-state index is 0.0361. The predicted octanol–water partition coefficient (Wildman–Crippen LogP) is 3.52. The van der Waals surface area contributed by atoms with Crippen molar-refractivity contribution >= 4 is 15.7 Å². The highest BCUT2D eigenvalue weighted by Crippen LogP contribution is 2.20. The molecule has 2 rings (SSSR count). The zero-order chi connectivity index (χ0) is 18.6. The number of aryl methyl sites for hydroxylation is 2. The molecule has 0 bridgehead atoms. The third-order valence-corrected chi connectivity index (χ3v) is 5.43. The number of rotatable bonds is 6. The lowest BCUT2D eigenvalue weighted by atomic mass is 10.0. The number of carbonyl (C=O) groups excluding carboxylic acids is 1. The van der Waals surface area contributed by atoms with Gasteiger partial charge in [0.1, 0.15) is 0 Å². The number of benzene rings is 2. The van der Waals surface area contributed by atoms with Crippen molar-refractivity contribution in [3.63, 3.8) is 0 Å². The first-order chi connectivity index (χ1) is 11.7. The SMILES string of the molecule is CC[C@@H](NC(=O)Cc1ccc(C)cc1C)c1ccc(S(C)(=O)=O)cc1. The molecule has 0 spiro atoms. The minimum atomic E-state index is -3.21. The van der Waals surface area contributed by atoms with Gasteiger partial charge in [-0.3, -0.25) is 4.79 Å². The third-order valence-electron chi connectivity index (χ3n) is 4.30. The van der Waals surface area contributed by atoms with Crippen LogP contribution in [0.3, 0.4) is 0 Å². The summed E-state index contributed by atoms with van der Waals surface area (Å²) in [6.45, 7) is 6.04. The lowest BCUT2D eigenvalue weighted by Crippen LogP contribution is -2.29. The van der Waals surface area contributed by atoms with Crippen LogP contribution in [0.1, 0.15) is 41.6 Å². The van der Waals surface area contributed by atoms with Crippen molar-refractivity contribution in [1.29, 1.82) is 0 Å². The summed E-state index contributed by atoms with van der Waals surface area (Å²) in [5.74, 6) is -0.0361. The maximum absolute atomic E-state index is 12.4. The summed E-state index contributed by atoms with van der Waals surface area (Å²) < 4.78 is 23.1. The van der Waals surface area contributed by atoms with E-state index in [1.807, 2.05) is 32.9 Å². The lowest BCUT2D eigenvalue weighted by molar-refractivity contribution is -0.121. The van der Waals surface area contributed by atoms with Crippen LogP contribution in [-0.2, 0) is 21.1 Å². The fraction of sp³-hybridized carbons (Fsp3) is 0.350. The van der Waals surface area contributed by atoms with Crippen molar-refractivity contribution in [3.05, 3.63) is 64.7 Å². The van der Waals surface area contributed by atoms with Crippen LogP contribution in [0.25, 0.3) is 0 Å². The summed E-state index contributed by atoms with van der Waals surface area (Å²) in [5.41, 5.74) is 4.22. The lowest BCUT2D eigenvalue weighted by Gasteiger charge is -2.18. The maximum atomic E-state index is 12.4.